The molecule has 6 aromatic carbocycles. The highest BCUT2D eigenvalue weighted by Gasteiger charge is 2.07. The standard InChI is InChI=1S/C32H24S2/c1-33-31-19-29-15-23-9-5-3-7-21(23)13-27(29)17-25(31)11-12-26-18-28-14-22-8-4-6-10-24(22)16-30(28)20-32(26)34-2/h3-20H,1-2H3. The minimum atomic E-state index is 1.26. The highest BCUT2D eigenvalue weighted by molar-refractivity contribution is 7.99. The summed E-state index contributed by atoms with van der Waals surface area (Å²) in [6, 6.07) is 35.7. The van der Waals surface area contributed by atoms with Crippen molar-refractivity contribution in [3.05, 3.63) is 108 Å². The zero-order valence-electron chi connectivity index (χ0n) is 19.2. The maximum Gasteiger partial charge on any atom is 0.0148 e. The van der Waals surface area contributed by atoms with Crippen LogP contribution in [0.25, 0.3) is 55.2 Å². The smallest absolute Gasteiger partial charge is 0.0148 e. The van der Waals surface area contributed by atoms with Gasteiger partial charge in [-0.1, -0.05) is 60.7 Å². The van der Waals surface area contributed by atoms with Gasteiger partial charge in [-0.2, -0.15) is 0 Å². The van der Waals surface area contributed by atoms with Crippen LogP contribution in [0.2, 0.25) is 0 Å². The summed E-state index contributed by atoms with van der Waals surface area (Å²) < 4.78 is 0. The number of fused-ring (bicyclic) bond motifs is 4. The molecule has 0 aromatic heterocycles. The number of hydrogen-bond acceptors (Lipinski definition) is 2. The molecule has 0 heterocycles. The lowest BCUT2D eigenvalue weighted by atomic mass is 10.00. The molecule has 0 radical (unpaired) electrons. The Balaban J connectivity index is 1.47. The van der Waals surface area contributed by atoms with E-state index in [0.29, 0.717) is 0 Å². The Morgan fingerprint density at radius 3 is 1.06 bits per heavy atom. The second-order valence-corrected chi connectivity index (χ2v) is 10.3. The molecule has 34 heavy (non-hydrogen) atoms. The fourth-order valence-corrected chi connectivity index (χ4v) is 5.99. The second kappa shape index (κ2) is 8.87. The van der Waals surface area contributed by atoms with Gasteiger partial charge in [0.2, 0.25) is 0 Å². The first-order valence-electron chi connectivity index (χ1n) is 11.4. The Morgan fingerprint density at radius 1 is 0.412 bits per heavy atom. The molecule has 0 amide bonds. The van der Waals surface area contributed by atoms with Crippen LogP contribution < -0.4 is 0 Å². The van der Waals surface area contributed by atoms with Crippen LogP contribution in [0.4, 0.5) is 0 Å². The SMILES string of the molecule is CSc1cc2cc3ccccc3cc2cc1C=Cc1cc2cc3ccccc3cc2cc1SC. The van der Waals surface area contributed by atoms with Crippen molar-refractivity contribution in [2.75, 3.05) is 12.5 Å². The van der Waals surface area contributed by atoms with E-state index in [4.69, 9.17) is 0 Å². The summed E-state index contributed by atoms with van der Waals surface area (Å²) >= 11 is 3.62. The van der Waals surface area contributed by atoms with E-state index in [9.17, 15) is 0 Å². The molecule has 0 unspecified atom stereocenters. The van der Waals surface area contributed by atoms with Gasteiger partial charge < -0.3 is 0 Å². The summed E-state index contributed by atoms with van der Waals surface area (Å²) in [5.41, 5.74) is 2.53. The molecule has 0 saturated heterocycles. The molecule has 6 aromatic rings. The van der Waals surface area contributed by atoms with Crippen molar-refractivity contribution >= 4 is 78.8 Å². The Kier molecular flexibility index (Phi) is 5.57. The molecule has 0 N–H and O–H groups in total. The highest BCUT2D eigenvalue weighted by Crippen LogP contribution is 2.34. The van der Waals surface area contributed by atoms with Gasteiger partial charge in [0.05, 0.1) is 0 Å². The van der Waals surface area contributed by atoms with Crippen LogP contribution in [0, 0.1) is 0 Å². The van der Waals surface area contributed by atoms with Gasteiger partial charge in [0, 0.05) is 9.79 Å². The van der Waals surface area contributed by atoms with E-state index in [1.807, 2.05) is 23.5 Å². The Bertz CT molecular complexity index is 1600. The molecule has 0 bridgehead atoms. The van der Waals surface area contributed by atoms with E-state index in [2.05, 4.69) is 122 Å². The van der Waals surface area contributed by atoms with E-state index in [0.717, 1.165) is 0 Å². The minimum absolute atomic E-state index is 1.26. The second-order valence-electron chi connectivity index (χ2n) is 8.61. The van der Waals surface area contributed by atoms with E-state index < -0.39 is 0 Å². The molecule has 0 aliphatic carbocycles. The number of hydrogen-bond donors (Lipinski definition) is 0. The summed E-state index contributed by atoms with van der Waals surface area (Å²) in [6.45, 7) is 0. The molecule has 164 valence electrons. The highest BCUT2D eigenvalue weighted by atomic mass is 32.2. The molecule has 0 aliphatic heterocycles. The van der Waals surface area contributed by atoms with Crippen LogP contribution >= 0.6 is 23.5 Å². The van der Waals surface area contributed by atoms with Gasteiger partial charge in [-0.05, 0) is 115 Å². The third-order valence-corrected chi connectivity index (χ3v) is 8.14. The average Bonchev–Trinajstić information content (AvgIpc) is 2.88. The average molecular weight is 473 g/mol. The lowest BCUT2D eigenvalue weighted by Gasteiger charge is -2.10. The summed E-state index contributed by atoms with van der Waals surface area (Å²) in [5.74, 6) is 0. The predicted octanol–water partition coefficient (Wildman–Crippen LogP) is 9.91. The number of benzene rings is 6. The van der Waals surface area contributed by atoms with E-state index >= 15 is 0 Å². The van der Waals surface area contributed by atoms with Crippen molar-refractivity contribution < 1.29 is 0 Å². The molecular formula is C32H24S2. The lowest BCUT2D eigenvalue weighted by molar-refractivity contribution is 1.46. The zero-order chi connectivity index (χ0) is 23.1. The van der Waals surface area contributed by atoms with Gasteiger partial charge in [0.25, 0.3) is 0 Å². The largest absolute Gasteiger partial charge is 0.129 e. The van der Waals surface area contributed by atoms with E-state index in [1.54, 1.807) is 0 Å². The molecule has 0 saturated carbocycles. The van der Waals surface area contributed by atoms with Crippen LogP contribution in [-0.2, 0) is 0 Å². The summed E-state index contributed by atoms with van der Waals surface area (Å²) in [5, 5.41) is 10.3. The van der Waals surface area contributed by atoms with Crippen molar-refractivity contribution in [2.24, 2.45) is 0 Å². The normalized spacial score (nSPS) is 11.9. The van der Waals surface area contributed by atoms with Gasteiger partial charge in [-0.3, -0.25) is 0 Å². The molecule has 0 fully saturated rings. The number of thioether (sulfide) groups is 2. The Morgan fingerprint density at radius 2 is 0.735 bits per heavy atom. The Labute approximate surface area is 208 Å². The predicted molar refractivity (Wildman–Crippen MR) is 155 cm³/mol. The third-order valence-electron chi connectivity index (χ3n) is 6.55. The van der Waals surface area contributed by atoms with Crippen molar-refractivity contribution in [2.45, 2.75) is 9.79 Å². The topological polar surface area (TPSA) is 0 Å². The van der Waals surface area contributed by atoms with Crippen LogP contribution in [0.1, 0.15) is 11.1 Å². The van der Waals surface area contributed by atoms with Crippen molar-refractivity contribution in [1.29, 1.82) is 0 Å². The van der Waals surface area contributed by atoms with E-state index in [1.165, 1.54) is 64.0 Å². The first-order chi connectivity index (χ1) is 16.7. The monoisotopic (exact) mass is 472 g/mol. The first kappa shape index (κ1) is 21.3. The van der Waals surface area contributed by atoms with Crippen LogP contribution in [0.5, 0.6) is 0 Å². The summed E-state index contributed by atoms with van der Waals surface area (Å²) in [7, 11) is 0. The molecule has 0 aliphatic rings. The molecule has 0 spiro atoms. The Hall–Kier alpha value is -3.20. The molecular weight excluding hydrogens is 448 g/mol. The summed E-state index contributed by atoms with van der Waals surface area (Å²) in [6.07, 6.45) is 8.88. The maximum atomic E-state index is 2.33. The fourth-order valence-electron chi connectivity index (χ4n) is 4.77. The van der Waals surface area contributed by atoms with Gasteiger partial charge >= 0.3 is 0 Å². The van der Waals surface area contributed by atoms with Crippen LogP contribution in [-0.4, -0.2) is 12.5 Å². The van der Waals surface area contributed by atoms with Crippen LogP contribution in [0.15, 0.2) is 107 Å². The number of rotatable bonds is 4. The van der Waals surface area contributed by atoms with Crippen molar-refractivity contribution in [3.63, 3.8) is 0 Å². The van der Waals surface area contributed by atoms with Crippen molar-refractivity contribution in [1.82, 2.24) is 0 Å². The van der Waals surface area contributed by atoms with Gasteiger partial charge in [-0.25, -0.2) is 0 Å². The zero-order valence-corrected chi connectivity index (χ0v) is 20.8. The van der Waals surface area contributed by atoms with Crippen molar-refractivity contribution in [3.8, 4) is 0 Å². The van der Waals surface area contributed by atoms with Gasteiger partial charge in [0.1, 0.15) is 0 Å². The third kappa shape index (κ3) is 3.87. The quantitative estimate of drug-likeness (QED) is 0.142. The lowest BCUT2D eigenvalue weighted by Crippen LogP contribution is -1.85. The van der Waals surface area contributed by atoms with E-state index in [-0.39, 0.29) is 0 Å². The fraction of sp³-hybridized carbons (Fsp3) is 0.0625. The molecule has 0 atom stereocenters. The first-order valence-corrected chi connectivity index (χ1v) is 13.9. The molecule has 2 heteroatoms. The van der Waals surface area contributed by atoms with Gasteiger partial charge in [-0.15, -0.1) is 23.5 Å². The molecule has 0 nitrogen and oxygen atoms in total. The minimum Gasteiger partial charge on any atom is -0.129 e. The summed E-state index contributed by atoms with van der Waals surface area (Å²) in [4.78, 5) is 2.60. The van der Waals surface area contributed by atoms with Gasteiger partial charge in [0.15, 0.2) is 0 Å². The molecule has 6 rings (SSSR count). The maximum absolute atomic E-state index is 2.33. The van der Waals surface area contributed by atoms with Crippen LogP contribution in [0.3, 0.4) is 0 Å².